The van der Waals surface area contributed by atoms with Crippen LogP contribution in [0.15, 0.2) is 36.4 Å². The molecule has 0 aliphatic heterocycles. The van der Waals surface area contributed by atoms with E-state index in [9.17, 15) is 8.78 Å². The lowest BCUT2D eigenvalue weighted by Gasteiger charge is -2.07. The number of benzene rings is 2. The lowest BCUT2D eigenvalue weighted by Crippen LogP contribution is -2.13. The van der Waals surface area contributed by atoms with E-state index < -0.39 is 11.6 Å². The van der Waals surface area contributed by atoms with E-state index in [0.29, 0.717) is 5.13 Å². The van der Waals surface area contributed by atoms with Gasteiger partial charge in [-0.15, -0.1) is 0 Å². The summed E-state index contributed by atoms with van der Waals surface area (Å²) >= 11 is 6.02. The predicted octanol–water partition coefficient (Wildman–Crippen LogP) is 3.95. The summed E-state index contributed by atoms with van der Waals surface area (Å²) in [5.41, 5.74) is 6.01. The summed E-state index contributed by atoms with van der Waals surface area (Å²) in [4.78, 5) is 4.12. The number of fused-ring (bicyclic) bond motifs is 1. The van der Waals surface area contributed by atoms with E-state index in [4.69, 9.17) is 5.73 Å². The summed E-state index contributed by atoms with van der Waals surface area (Å²) in [5.74, 6) is -2.09. The number of para-hydroxylation sites is 1. The largest absolute Gasteiger partial charge is 0.389 e. The van der Waals surface area contributed by atoms with Crippen LogP contribution in [-0.4, -0.2) is 9.97 Å². The van der Waals surface area contributed by atoms with Crippen LogP contribution in [-0.2, 0) is 0 Å². The normalized spacial score (nSPS) is 10.8. The Morgan fingerprint density at radius 2 is 1.90 bits per heavy atom. The lowest BCUT2D eigenvalue weighted by atomic mass is 10.2. The van der Waals surface area contributed by atoms with E-state index in [1.807, 2.05) is 24.3 Å². The van der Waals surface area contributed by atoms with Gasteiger partial charge in [0.2, 0.25) is 0 Å². The lowest BCUT2D eigenvalue weighted by molar-refractivity contribution is 0.510. The van der Waals surface area contributed by atoms with Crippen LogP contribution in [0.5, 0.6) is 0 Å². The van der Waals surface area contributed by atoms with Crippen molar-refractivity contribution < 1.29 is 8.78 Å². The Kier molecular flexibility index (Phi) is 3.52. The highest BCUT2D eigenvalue weighted by Crippen LogP contribution is 2.30. The van der Waals surface area contributed by atoms with Gasteiger partial charge in [-0.1, -0.05) is 35.7 Å². The second kappa shape index (κ2) is 5.34. The van der Waals surface area contributed by atoms with Crippen LogP contribution < -0.4 is 11.1 Å². The number of rotatable bonds is 3. The molecule has 0 unspecified atom stereocenters. The molecule has 0 bridgehead atoms. The number of nitrogens with zero attached hydrogens (tertiary/aromatic N) is 1. The highest BCUT2D eigenvalue weighted by atomic mass is 32.1. The summed E-state index contributed by atoms with van der Waals surface area (Å²) in [6, 6.07) is 10.2. The Morgan fingerprint density at radius 3 is 2.62 bits per heavy atom. The van der Waals surface area contributed by atoms with Gasteiger partial charge in [0.25, 0.3) is 0 Å². The van der Waals surface area contributed by atoms with Crippen molar-refractivity contribution in [1.29, 1.82) is 0 Å². The van der Waals surface area contributed by atoms with Crippen molar-refractivity contribution in [1.82, 2.24) is 4.98 Å². The van der Waals surface area contributed by atoms with Gasteiger partial charge in [0.1, 0.15) is 4.99 Å². The topological polar surface area (TPSA) is 50.9 Å². The number of anilines is 2. The van der Waals surface area contributed by atoms with Gasteiger partial charge in [-0.25, -0.2) is 13.8 Å². The fraction of sp³-hybridized carbons (Fsp3) is 0. The van der Waals surface area contributed by atoms with Crippen molar-refractivity contribution in [3.63, 3.8) is 0 Å². The molecular formula is C14H9F2N3S2. The van der Waals surface area contributed by atoms with Crippen molar-refractivity contribution in [2.45, 2.75) is 0 Å². The molecule has 106 valence electrons. The van der Waals surface area contributed by atoms with Crippen molar-refractivity contribution in [2.75, 3.05) is 5.32 Å². The fourth-order valence-electron chi connectivity index (χ4n) is 1.88. The van der Waals surface area contributed by atoms with Gasteiger partial charge >= 0.3 is 0 Å². The van der Waals surface area contributed by atoms with E-state index in [-0.39, 0.29) is 16.2 Å². The Morgan fingerprint density at radius 1 is 1.14 bits per heavy atom. The summed E-state index contributed by atoms with van der Waals surface area (Å²) in [5, 5.41) is 3.26. The zero-order valence-corrected chi connectivity index (χ0v) is 12.2. The molecule has 1 heterocycles. The molecule has 3 nitrogen and oxygen atoms in total. The van der Waals surface area contributed by atoms with Gasteiger partial charge in [-0.2, -0.15) is 0 Å². The first-order valence-corrected chi connectivity index (χ1v) is 7.19. The Hall–Kier alpha value is -2.12. The second-order valence-corrected chi connectivity index (χ2v) is 5.74. The van der Waals surface area contributed by atoms with Crippen LogP contribution in [0.3, 0.4) is 0 Å². The third-order valence-electron chi connectivity index (χ3n) is 2.88. The van der Waals surface area contributed by atoms with Gasteiger partial charge in [0.15, 0.2) is 16.8 Å². The molecule has 0 radical (unpaired) electrons. The molecule has 2 aromatic carbocycles. The average molecular weight is 321 g/mol. The maximum Gasteiger partial charge on any atom is 0.188 e. The molecule has 0 atom stereocenters. The molecule has 0 fully saturated rings. The number of halogens is 2. The van der Waals surface area contributed by atoms with Crippen LogP contribution in [0.4, 0.5) is 19.6 Å². The number of nitrogens with two attached hydrogens (primary N) is 1. The van der Waals surface area contributed by atoms with Crippen molar-refractivity contribution in [3.05, 3.63) is 53.6 Å². The van der Waals surface area contributed by atoms with Gasteiger partial charge < -0.3 is 11.1 Å². The number of aromatic nitrogens is 1. The van der Waals surface area contributed by atoms with E-state index in [1.54, 1.807) is 0 Å². The molecule has 0 spiro atoms. The molecule has 0 amide bonds. The van der Waals surface area contributed by atoms with E-state index in [2.05, 4.69) is 22.5 Å². The molecule has 21 heavy (non-hydrogen) atoms. The van der Waals surface area contributed by atoms with Crippen molar-refractivity contribution in [3.8, 4) is 0 Å². The molecule has 0 saturated carbocycles. The zero-order valence-electron chi connectivity index (χ0n) is 10.6. The molecule has 0 saturated heterocycles. The first-order chi connectivity index (χ1) is 10.1. The van der Waals surface area contributed by atoms with Crippen molar-refractivity contribution >= 4 is 49.6 Å². The fourth-order valence-corrected chi connectivity index (χ4v) is 2.91. The summed E-state index contributed by atoms with van der Waals surface area (Å²) in [6.45, 7) is 0. The van der Waals surface area contributed by atoms with Gasteiger partial charge in [-0.3, -0.25) is 0 Å². The molecule has 3 aromatic rings. The number of thiocarbonyl (C=S) groups is 1. The molecule has 7 heteroatoms. The predicted molar refractivity (Wildman–Crippen MR) is 85.1 cm³/mol. The third kappa shape index (κ3) is 2.57. The minimum atomic E-state index is -1.06. The van der Waals surface area contributed by atoms with Crippen LogP contribution >= 0.6 is 23.6 Å². The van der Waals surface area contributed by atoms with Crippen LogP contribution in [0, 0.1) is 11.6 Å². The zero-order chi connectivity index (χ0) is 15.0. The van der Waals surface area contributed by atoms with Crippen LogP contribution in [0.2, 0.25) is 0 Å². The molecule has 0 aliphatic carbocycles. The number of nitrogens with one attached hydrogen (secondary N) is 1. The molecule has 3 N–H and O–H groups in total. The maximum absolute atomic E-state index is 14.0. The monoisotopic (exact) mass is 321 g/mol. The number of hydrogen-bond donors (Lipinski definition) is 2. The number of hydrogen-bond acceptors (Lipinski definition) is 4. The maximum atomic E-state index is 14.0. The van der Waals surface area contributed by atoms with Crippen LogP contribution in [0.25, 0.3) is 10.2 Å². The summed E-state index contributed by atoms with van der Waals surface area (Å²) < 4.78 is 28.8. The minimum Gasteiger partial charge on any atom is -0.389 e. The van der Waals surface area contributed by atoms with E-state index >= 15 is 0 Å². The minimum absolute atomic E-state index is 0.00782. The summed E-state index contributed by atoms with van der Waals surface area (Å²) in [6.07, 6.45) is 0. The molecule has 0 aliphatic rings. The quantitative estimate of drug-likeness (QED) is 0.717. The first-order valence-electron chi connectivity index (χ1n) is 5.96. The molecular weight excluding hydrogens is 312 g/mol. The number of thiazole rings is 1. The van der Waals surface area contributed by atoms with E-state index in [0.717, 1.165) is 10.2 Å². The smallest absolute Gasteiger partial charge is 0.188 e. The average Bonchev–Trinajstić information content (AvgIpc) is 2.86. The third-order valence-corrected chi connectivity index (χ3v) is 4.06. The van der Waals surface area contributed by atoms with Gasteiger partial charge in [0, 0.05) is 5.56 Å². The van der Waals surface area contributed by atoms with Gasteiger partial charge in [-0.05, 0) is 24.3 Å². The van der Waals surface area contributed by atoms with E-state index in [1.165, 1.54) is 23.5 Å². The Bertz CT molecular complexity index is 812. The highest BCUT2D eigenvalue weighted by molar-refractivity contribution is 7.80. The molecule has 3 rings (SSSR count). The highest BCUT2D eigenvalue weighted by Gasteiger charge is 2.16. The summed E-state index contributed by atoms with van der Waals surface area (Å²) in [7, 11) is 0. The SMILES string of the molecule is NC(=S)c1ccc(Nc2nc3ccccc3s2)c(F)c1F. The molecule has 1 aromatic heterocycles. The van der Waals surface area contributed by atoms with Crippen molar-refractivity contribution in [2.24, 2.45) is 5.73 Å². The Labute approximate surface area is 128 Å². The first kappa shape index (κ1) is 13.8. The second-order valence-electron chi connectivity index (χ2n) is 4.26. The standard InChI is InChI=1S/C14H9F2N3S2/c15-11-7(13(17)20)5-6-9(12(11)16)19-14-18-8-3-1-2-4-10(8)21-14/h1-6H,(H2,17,20)(H,18,19). The van der Waals surface area contributed by atoms with Crippen LogP contribution in [0.1, 0.15) is 5.56 Å². The van der Waals surface area contributed by atoms with Gasteiger partial charge in [0.05, 0.1) is 15.9 Å². The Balaban J connectivity index is 1.98.